The first-order valence-corrected chi connectivity index (χ1v) is 9.23. The summed E-state index contributed by atoms with van der Waals surface area (Å²) in [6, 6.07) is 12.7. The summed E-state index contributed by atoms with van der Waals surface area (Å²) in [6.45, 7) is 3.30. The van der Waals surface area contributed by atoms with E-state index >= 15 is 0 Å². The second-order valence-electron chi connectivity index (χ2n) is 6.90. The second kappa shape index (κ2) is 7.78. The van der Waals surface area contributed by atoms with E-state index in [1.165, 1.54) is 4.90 Å². The molecule has 0 unspecified atom stereocenters. The maximum Gasteiger partial charge on any atom is 0.259 e. The van der Waals surface area contributed by atoms with Gasteiger partial charge in [-0.1, -0.05) is 40.6 Å². The molecule has 0 fully saturated rings. The van der Waals surface area contributed by atoms with Gasteiger partial charge in [0.2, 0.25) is 5.91 Å². The molecule has 30 heavy (non-hydrogen) atoms. The van der Waals surface area contributed by atoms with Gasteiger partial charge in [0, 0.05) is 18.7 Å². The number of hydrogen-bond donors (Lipinski definition) is 1. The Kier molecular flexibility index (Phi) is 5.01. The van der Waals surface area contributed by atoms with Gasteiger partial charge in [0.05, 0.1) is 28.9 Å². The summed E-state index contributed by atoms with van der Waals surface area (Å²) in [4.78, 5) is 31.3. The van der Waals surface area contributed by atoms with Crippen LogP contribution < -0.4 is 5.32 Å². The van der Waals surface area contributed by atoms with Gasteiger partial charge in [0.15, 0.2) is 5.82 Å². The smallest absolute Gasteiger partial charge is 0.259 e. The lowest BCUT2D eigenvalue weighted by Gasteiger charge is -2.17. The Labute approximate surface area is 171 Å². The van der Waals surface area contributed by atoms with Crippen molar-refractivity contribution in [2.45, 2.75) is 13.8 Å². The molecule has 0 spiro atoms. The van der Waals surface area contributed by atoms with Crippen molar-refractivity contribution in [2.75, 3.05) is 18.9 Å². The first-order valence-electron chi connectivity index (χ1n) is 9.23. The van der Waals surface area contributed by atoms with E-state index in [2.05, 4.69) is 20.6 Å². The van der Waals surface area contributed by atoms with Crippen LogP contribution in [0, 0.1) is 13.8 Å². The number of benzene rings is 1. The number of aryl methyl sites for hydroxylation is 2. The molecule has 3 aromatic heterocycles. The number of nitrogens with one attached hydrogen (secondary N) is 1. The highest BCUT2D eigenvalue weighted by Crippen LogP contribution is 2.27. The van der Waals surface area contributed by atoms with Crippen molar-refractivity contribution in [3.63, 3.8) is 0 Å². The van der Waals surface area contributed by atoms with E-state index in [1.807, 2.05) is 30.3 Å². The van der Waals surface area contributed by atoms with E-state index in [9.17, 15) is 9.59 Å². The number of pyridine rings is 1. The number of likely N-dealkylation sites (N-methyl/N-ethyl adjacent to an activating group) is 1. The van der Waals surface area contributed by atoms with E-state index in [0.717, 1.165) is 5.56 Å². The van der Waals surface area contributed by atoms with Gasteiger partial charge >= 0.3 is 0 Å². The summed E-state index contributed by atoms with van der Waals surface area (Å²) in [7, 11) is 1.55. The van der Waals surface area contributed by atoms with Crippen LogP contribution in [0.3, 0.4) is 0 Å². The standard InChI is InChI=1S/C21H19N5O4/c1-12-9-17(25-29-12)23-18(27)11-26(3)21(28)15-10-16(14-7-5-4-6-8-14)22-20-19(15)13(2)24-30-20/h4-10H,11H2,1-3H3,(H,23,25,27). The van der Waals surface area contributed by atoms with Gasteiger partial charge in [-0.15, -0.1) is 0 Å². The van der Waals surface area contributed by atoms with Gasteiger partial charge in [0.1, 0.15) is 5.76 Å². The van der Waals surface area contributed by atoms with Crippen LogP contribution in [0.4, 0.5) is 5.82 Å². The molecule has 4 aromatic rings. The van der Waals surface area contributed by atoms with Crippen molar-refractivity contribution in [1.82, 2.24) is 20.2 Å². The van der Waals surface area contributed by atoms with Crippen molar-refractivity contribution in [1.29, 1.82) is 0 Å². The highest BCUT2D eigenvalue weighted by Gasteiger charge is 2.23. The van der Waals surface area contributed by atoms with Crippen LogP contribution in [0.25, 0.3) is 22.4 Å². The van der Waals surface area contributed by atoms with Crippen LogP contribution in [0.15, 0.2) is 51.5 Å². The minimum Gasteiger partial charge on any atom is -0.360 e. The summed E-state index contributed by atoms with van der Waals surface area (Å²) in [5, 5.41) is 10.8. The first kappa shape index (κ1) is 19.3. The Hall–Kier alpha value is -4.01. The fourth-order valence-electron chi connectivity index (χ4n) is 3.12. The molecule has 1 aromatic carbocycles. The van der Waals surface area contributed by atoms with Gasteiger partial charge in [-0.25, -0.2) is 4.98 Å². The van der Waals surface area contributed by atoms with Crippen LogP contribution in [-0.4, -0.2) is 45.6 Å². The molecule has 0 aliphatic heterocycles. The van der Waals surface area contributed by atoms with Gasteiger partial charge in [-0.3, -0.25) is 9.59 Å². The van der Waals surface area contributed by atoms with Crippen molar-refractivity contribution >= 4 is 28.7 Å². The Bertz CT molecular complexity index is 1230. The zero-order valence-corrected chi connectivity index (χ0v) is 16.7. The number of fused-ring (bicyclic) bond motifs is 1. The van der Waals surface area contributed by atoms with Crippen molar-refractivity contribution < 1.29 is 18.6 Å². The molecule has 0 radical (unpaired) electrons. The average molecular weight is 405 g/mol. The molecule has 9 heteroatoms. The number of aromatic nitrogens is 3. The van der Waals surface area contributed by atoms with E-state index < -0.39 is 5.91 Å². The Morgan fingerprint density at radius 3 is 2.53 bits per heavy atom. The van der Waals surface area contributed by atoms with E-state index in [4.69, 9.17) is 9.05 Å². The topological polar surface area (TPSA) is 114 Å². The number of nitrogens with zero attached hydrogens (tertiary/aromatic N) is 4. The fraction of sp³-hybridized carbons (Fsp3) is 0.190. The molecule has 2 amide bonds. The molecular formula is C21H19N5O4. The molecule has 9 nitrogen and oxygen atoms in total. The zero-order valence-electron chi connectivity index (χ0n) is 16.7. The number of hydrogen-bond acceptors (Lipinski definition) is 7. The predicted molar refractivity (Wildman–Crippen MR) is 109 cm³/mol. The zero-order chi connectivity index (χ0) is 21.3. The van der Waals surface area contributed by atoms with Crippen LogP contribution in [0.1, 0.15) is 21.8 Å². The largest absolute Gasteiger partial charge is 0.360 e. The number of rotatable bonds is 5. The second-order valence-corrected chi connectivity index (χ2v) is 6.90. The molecule has 0 saturated heterocycles. The lowest BCUT2D eigenvalue weighted by atomic mass is 10.0. The molecule has 0 aliphatic carbocycles. The number of carbonyl (C=O) groups excluding carboxylic acids is 2. The summed E-state index contributed by atoms with van der Waals surface area (Å²) in [5.74, 6) is 0.128. The van der Waals surface area contributed by atoms with Crippen LogP contribution >= 0.6 is 0 Å². The van der Waals surface area contributed by atoms with E-state index in [0.29, 0.717) is 33.9 Å². The third-order valence-electron chi connectivity index (χ3n) is 4.54. The summed E-state index contributed by atoms with van der Waals surface area (Å²) >= 11 is 0. The fourth-order valence-corrected chi connectivity index (χ4v) is 3.12. The molecule has 0 aliphatic rings. The molecule has 0 saturated carbocycles. The Morgan fingerprint density at radius 1 is 1.07 bits per heavy atom. The average Bonchev–Trinajstić information content (AvgIpc) is 3.32. The van der Waals surface area contributed by atoms with Crippen LogP contribution in [0.5, 0.6) is 0 Å². The van der Waals surface area contributed by atoms with Crippen LogP contribution in [0.2, 0.25) is 0 Å². The van der Waals surface area contributed by atoms with Gasteiger partial charge in [-0.05, 0) is 19.9 Å². The molecule has 4 rings (SSSR count). The minimum atomic E-state index is -0.394. The van der Waals surface area contributed by atoms with E-state index in [1.54, 1.807) is 33.0 Å². The van der Waals surface area contributed by atoms with Gasteiger partial charge < -0.3 is 19.3 Å². The summed E-state index contributed by atoms with van der Waals surface area (Å²) in [5.41, 5.74) is 2.61. The monoisotopic (exact) mass is 405 g/mol. The lowest BCUT2D eigenvalue weighted by Crippen LogP contribution is -2.35. The maximum absolute atomic E-state index is 13.2. The lowest BCUT2D eigenvalue weighted by molar-refractivity contribution is -0.116. The quantitative estimate of drug-likeness (QED) is 0.542. The highest BCUT2D eigenvalue weighted by molar-refractivity contribution is 6.08. The van der Waals surface area contributed by atoms with Crippen LogP contribution in [-0.2, 0) is 4.79 Å². The van der Waals surface area contributed by atoms with Gasteiger partial charge in [-0.2, -0.15) is 0 Å². The van der Waals surface area contributed by atoms with Crippen molar-refractivity contribution in [2.24, 2.45) is 0 Å². The minimum absolute atomic E-state index is 0.167. The third kappa shape index (κ3) is 3.77. The third-order valence-corrected chi connectivity index (χ3v) is 4.54. The van der Waals surface area contributed by atoms with Crippen molar-refractivity contribution in [3.05, 3.63) is 59.5 Å². The molecule has 0 atom stereocenters. The summed E-state index contributed by atoms with van der Waals surface area (Å²) in [6.07, 6.45) is 0. The summed E-state index contributed by atoms with van der Waals surface area (Å²) < 4.78 is 10.2. The molecule has 3 heterocycles. The first-order chi connectivity index (χ1) is 14.4. The molecule has 1 N–H and O–H groups in total. The highest BCUT2D eigenvalue weighted by atomic mass is 16.5. The van der Waals surface area contributed by atoms with Gasteiger partial charge in [0.25, 0.3) is 11.6 Å². The van der Waals surface area contributed by atoms with E-state index in [-0.39, 0.29) is 18.2 Å². The molecular weight excluding hydrogens is 386 g/mol. The normalized spacial score (nSPS) is 10.9. The Balaban J connectivity index is 1.63. The maximum atomic E-state index is 13.2. The SMILES string of the molecule is Cc1cc(NC(=O)CN(C)C(=O)c2cc(-c3ccccc3)nc3onc(C)c23)no1. The number of amides is 2. The molecule has 152 valence electrons. The predicted octanol–water partition coefficient (Wildman–Crippen LogP) is 3.21. The molecule has 0 bridgehead atoms. The van der Waals surface area contributed by atoms with Crippen molar-refractivity contribution in [3.8, 4) is 11.3 Å². The number of anilines is 1. The Morgan fingerprint density at radius 2 is 1.83 bits per heavy atom. The number of carbonyl (C=O) groups is 2.